The minimum Gasteiger partial charge on any atom is -0.859 e. The van der Waals surface area contributed by atoms with Crippen molar-refractivity contribution in [1.82, 2.24) is 4.98 Å². The maximum atomic E-state index is 10.2. The van der Waals surface area contributed by atoms with E-state index in [1.807, 2.05) is 0 Å². The number of aromatic nitrogens is 1. The van der Waals surface area contributed by atoms with Crippen molar-refractivity contribution in [3.8, 4) is 5.88 Å². The number of pyridine rings is 1. The molecule has 0 N–H and O–H groups in total. The van der Waals surface area contributed by atoms with Crippen molar-refractivity contribution in [2.75, 3.05) is 26.2 Å². The van der Waals surface area contributed by atoms with Crippen LogP contribution in [0.1, 0.15) is 439 Å². The molecule has 0 aliphatic heterocycles. The van der Waals surface area contributed by atoms with E-state index in [1.54, 1.807) is 12.1 Å². The van der Waals surface area contributed by atoms with Gasteiger partial charge < -0.3 is 9.59 Å². The van der Waals surface area contributed by atoms with E-state index in [0.717, 1.165) is 0 Å². The van der Waals surface area contributed by atoms with Gasteiger partial charge in [0.25, 0.3) is 0 Å². The van der Waals surface area contributed by atoms with E-state index in [4.69, 9.17) is 0 Å². The molecule has 3 heteroatoms. The average molecular weight is 1120 g/mol. The lowest BCUT2D eigenvalue weighted by atomic mass is 10.0. The first kappa shape index (κ1) is 78.9. The van der Waals surface area contributed by atoms with Gasteiger partial charge >= 0.3 is 0 Å². The van der Waals surface area contributed by atoms with Crippen LogP contribution in [0.15, 0.2) is 24.4 Å². The van der Waals surface area contributed by atoms with E-state index in [-0.39, 0.29) is 5.88 Å². The number of hydrogen-bond donors (Lipinski definition) is 0. The zero-order valence-electron chi connectivity index (χ0n) is 56.2. The number of rotatable bonds is 68. The summed E-state index contributed by atoms with van der Waals surface area (Å²) in [5.74, 6) is -0.178. The maximum absolute atomic E-state index is 10.2. The van der Waals surface area contributed by atoms with Crippen LogP contribution >= 0.6 is 0 Å². The Kier molecular flexibility index (Phi) is 69.4. The summed E-state index contributed by atoms with van der Waals surface area (Å²) in [5, 5.41) is 10.2. The Hall–Kier alpha value is -1.09. The molecule has 1 heterocycles. The Bertz CT molecular complexity index is 1050. The lowest BCUT2D eigenvalue weighted by Crippen LogP contribution is -2.50. The third-order valence-corrected chi connectivity index (χ3v) is 18.6. The Morgan fingerprint density at radius 3 is 0.487 bits per heavy atom. The minimum absolute atomic E-state index is 0.178. The fourth-order valence-electron chi connectivity index (χ4n) is 13.0. The summed E-state index contributed by atoms with van der Waals surface area (Å²) in [6.07, 6.45) is 96.2. The van der Waals surface area contributed by atoms with Crippen LogP contribution in [0.4, 0.5) is 0 Å². The highest BCUT2D eigenvalue weighted by molar-refractivity contribution is 5.04. The summed E-state index contributed by atoms with van der Waals surface area (Å²) in [6.45, 7) is 15.3. The highest BCUT2D eigenvalue weighted by Gasteiger charge is 2.26. The van der Waals surface area contributed by atoms with Crippen LogP contribution < -0.4 is 5.11 Å². The smallest absolute Gasteiger partial charge is 0.0786 e. The fourth-order valence-corrected chi connectivity index (χ4v) is 13.0. The Labute approximate surface area is 507 Å². The molecule has 0 bridgehead atoms. The summed E-state index contributed by atoms with van der Waals surface area (Å²) >= 11 is 0. The number of hydrogen-bond acceptors (Lipinski definition) is 2. The summed E-state index contributed by atoms with van der Waals surface area (Å²) in [4.78, 5) is 3.42. The van der Waals surface area contributed by atoms with Crippen molar-refractivity contribution in [2.24, 2.45) is 0 Å². The summed E-state index contributed by atoms with van der Waals surface area (Å²) in [6, 6.07) is 4.79. The van der Waals surface area contributed by atoms with Crippen LogP contribution in [0.3, 0.4) is 0 Å². The maximum Gasteiger partial charge on any atom is 0.0786 e. The quantitative estimate of drug-likeness (QED) is 0.0481. The molecule has 1 aromatic rings. The molecule has 1 aromatic heterocycles. The third kappa shape index (κ3) is 64.5. The molecule has 0 unspecified atom stereocenters. The number of quaternary nitrogens is 1. The van der Waals surface area contributed by atoms with E-state index in [2.05, 4.69) is 32.7 Å². The molecule has 0 aliphatic rings. The number of nitrogens with zero attached hydrogens (tertiary/aromatic N) is 2. The van der Waals surface area contributed by atoms with Crippen molar-refractivity contribution in [1.29, 1.82) is 0 Å². The lowest BCUT2D eigenvalue weighted by molar-refractivity contribution is -0.929. The van der Waals surface area contributed by atoms with Crippen molar-refractivity contribution in [3.63, 3.8) is 0 Å². The molecule has 0 spiro atoms. The van der Waals surface area contributed by atoms with Crippen molar-refractivity contribution in [3.05, 3.63) is 24.4 Å². The minimum atomic E-state index is -0.178. The van der Waals surface area contributed by atoms with Gasteiger partial charge in [0.1, 0.15) is 0 Å². The highest BCUT2D eigenvalue weighted by Crippen LogP contribution is 2.23. The van der Waals surface area contributed by atoms with Gasteiger partial charge in [-0.3, -0.25) is 4.98 Å². The predicted molar refractivity (Wildman–Crippen MR) is 362 cm³/mol. The fraction of sp³-hybridized carbons (Fsp3) is 0.935. The molecule has 0 aromatic carbocycles. The number of unbranched alkanes of at least 4 members (excludes halogenated alkanes) is 60. The van der Waals surface area contributed by atoms with Crippen molar-refractivity contribution >= 4 is 0 Å². The van der Waals surface area contributed by atoms with E-state index in [0.29, 0.717) is 0 Å². The summed E-state index contributed by atoms with van der Waals surface area (Å²) in [7, 11) is 0. The molecular weight excluding hydrogens is 969 g/mol. The molecule has 3 nitrogen and oxygen atoms in total. The molecule has 0 aliphatic carbocycles. The summed E-state index contributed by atoms with van der Waals surface area (Å²) < 4.78 is 1.49. The third-order valence-electron chi connectivity index (χ3n) is 18.6. The first-order valence-corrected chi connectivity index (χ1v) is 38.1. The van der Waals surface area contributed by atoms with Gasteiger partial charge in [-0.25, -0.2) is 0 Å². The van der Waals surface area contributed by atoms with Gasteiger partial charge in [0.05, 0.1) is 26.2 Å². The normalized spacial score (nSPS) is 11.7. The Morgan fingerprint density at radius 2 is 0.375 bits per heavy atom. The van der Waals surface area contributed by atoms with E-state index in [1.165, 1.54) is 454 Å². The second-order valence-corrected chi connectivity index (χ2v) is 26.6. The van der Waals surface area contributed by atoms with Crippen LogP contribution in [-0.2, 0) is 0 Å². The van der Waals surface area contributed by atoms with Gasteiger partial charge in [0.15, 0.2) is 0 Å². The SMILES string of the molecule is CCCCCCCCCCCCCCCCCC[N+](CCCCCCCCCCCCCCCCCC)(CCCCCCCCCCCCCCCCCC)CCCCCCCCCCCCCCCCCC.[O-]c1ccccn1. The first-order chi connectivity index (χ1) is 39.6. The largest absolute Gasteiger partial charge is 0.859 e. The first-order valence-electron chi connectivity index (χ1n) is 38.1. The van der Waals surface area contributed by atoms with Gasteiger partial charge in [-0.15, -0.1) is 0 Å². The van der Waals surface area contributed by atoms with E-state index >= 15 is 0 Å². The van der Waals surface area contributed by atoms with Crippen LogP contribution in [0.25, 0.3) is 0 Å². The van der Waals surface area contributed by atoms with Gasteiger partial charge in [-0.1, -0.05) is 399 Å². The molecule has 476 valence electrons. The molecule has 0 amide bonds. The molecule has 1 rings (SSSR count). The molecule has 0 saturated carbocycles. The van der Waals surface area contributed by atoms with Crippen LogP contribution in [0.2, 0.25) is 0 Å². The second kappa shape index (κ2) is 70.4. The van der Waals surface area contributed by atoms with Gasteiger partial charge in [-0.2, -0.15) is 0 Å². The van der Waals surface area contributed by atoms with Crippen LogP contribution in [0, 0.1) is 0 Å². The van der Waals surface area contributed by atoms with E-state index < -0.39 is 0 Å². The Balaban J connectivity index is 0.00000820. The molecule has 0 fully saturated rings. The topological polar surface area (TPSA) is 36.0 Å². The zero-order chi connectivity index (χ0) is 57.7. The zero-order valence-corrected chi connectivity index (χ0v) is 56.2. The van der Waals surface area contributed by atoms with Crippen molar-refractivity contribution in [2.45, 2.75) is 439 Å². The van der Waals surface area contributed by atoms with E-state index in [9.17, 15) is 5.11 Å². The summed E-state index contributed by atoms with van der Waals surface area (Å²) in [5.41, 5.74) is 0. The van der Waals surface area contributed by atoms with Gasteiger partial charge in [0.2, 0.25) is 0 Å². The highest BCUT2D eigenvalue weighted by atomic mass is 16.3. The van der Waals surface area contributed by atoms with Gasteiger partial charge in [-0.05, 0) is 63.3 Å². The molecule has 0 atom stereocenters. The van der Waals surface area contributed by atoms with Crippen molar-refractivity contribution < 1.29 is 9.59 Å². The van der Waals surface area contributed by atoms with Gasteiger partial charge in [0, 0.05) is 6.20 Å². The Morgan fingerprint density at radius 1 is 0.225 bits per heavy atom. The van der Waals surface area contributed by atoms with Crippen LogP contribution in [0.5, 0.6) is 5.88 Å². The second-order valence-electron chi connectivity index (χ2n) is 26.6. The molecule has 0 radical (unpaired) electrons. The molecule has 80 heavy (non-hydrogen) atoms. The monoisotopic (exact) mass is 1120 g/mol. The molecule has 0 saturated heterocycles. The predicted octanol–water partition coefficient (Wildman–Crippen LogP) is 27.0. The average Bonchev–Trinajstić information content (AvgIpc) is 3.48. The molecular formula is C77H152N2O. The standard InChI is InChI=1S/C72H148N.C5H5NO/c1-5-9-13-17-21-25-29-33-37-41-45-49-53-57-61-65-69-73(70-66-62-58-54-50-46-42-38-34-30-26-22-18-14-10-6-2,71-67-63-59-55-51-47-43-39-35-31-27-23-19-15-11-7-3)72-68-64-60-56-52-48-44-40-36-32-28-24-20-16-12-8-4;7-5-3-1-2-4-6-5/h5-72H2,1-4H3;1-4H,(H,6,7)/q+1;/p-1. The van der Waals surface area contributed by atoms with Crippen LogP contribution in [-0.4, -0.2) is 35.6 Å². The lowest BCUT2D eigenvalue weighted by Gasteiger charge is -2.40.